The summed E-state index contributed by atoms with van der Waals surface area (Å²) in [5.41, 5.74) is 1.92. The second-order valence-corrected chi connectivity index (χ2v) is 8.32. The minimum Gasteiger partial charge on any atom is -0.486 e. The van der Waals surface area contributed by atoms with E-state index >= 15 is 0 Å². The number of carbonyl (C=O) groups is 1. The standard InChI is InChI=1S/C25H32N2O4/c1-3-26-13-7-10-21(26)18-27(25(28)24(29-2)20-8-5-4-6-9-20)17-19-11-12-22-23(16-19)31-15-14-30-22/h4-6,8-9,11-12,16,21,24H,3,7,10,13-15,17-18H2,1-2H3/p+1/t21-,24+/m0/s1. The van der Waals surface area contributed by atoms with E-state index in [1.165, 1.54) is 13.0 Å². The van der Waals surface area contributed by atoms with E-state index < -0.39 is 6.10 Å². The van der Waals surface area contributed by atoms with Crippen molar-refractivity contribution in [1.29, 1.82) is 0 Å². The van der Waals surface area contributed by atoms with Crippen molar-refractivity contribution in [1.82, 2.24) is 4.90 Å². The fraction of sp³-hybridized carbons (Fsp3) is 0.480. The average Bonchev–Trinajstić information content (AvgIpc) is 3.27. The van der Waals surface area contributed by atoms with E-state index in [0.29, 0.717) is 25.8 Å². The van der Waals surface area contributed by atoms with Gasteiger partial charge in [-0.1, -0.05) is 36.4 Å². The third-order valence-electron chi connectivity index (χ3n) is 6.38. The number of likely N-dealkylation sites (tertiary alicyclic amines) is 1. The van der Waals surface area contributed by atoms with Gasteiger partial charge in [-0.2, -0.15) is 0 Å². The molecular formula is C25H33N2O4+. The number of amides is 1. The maximum Gasteiger partial charge on any atom is 0.256 e. The third-order valence-corrected chi connectivity index (χ3v) is 6.38. The lowest BCUT2D eigenvalue weighted by molar-refractivity contribution is -0.909. The quantitative estimate of drug-likeness (QED) is 0.705. The fourth-order valence-electron chi connectivity index (χ4n) is 4.75. The second kappa shape index (κ2) is 10.2. The Labute approximate surface area is 184 Å². The topological polar surface area (TPSA) is 52.4 Å². The molecule has 2 aliphatic heterocycles. The Morgan fingerprint density at radius 3 is 2.68 bits per heavy atom. The Morgan fingerprint density at radius 2 is 1.94 bits per heavy atom. The second-order valence-electron chi connectivity index (χ2n) is 8.32. The zero-order chi connectivity index (χ0) is 21.6. The van der Waals surface area contributed by atoms with E-state index in [1.54, 1.807) is 12.0 Å². The van der Waals surface area contributed by atoms with Crippen LogP contribution in [-0.2, 0) is 16.1 Å². The number of hydrogen-bond acceptors (Lipinski definition) is 4. The van der Waals surface area contributed by atoms with Crippen LogP contribution in [0.2, 0.25) is 0 Å². The summed E-state index contributed by atoms with van der Waals surface area (Å²) in [7, 11) is 1.61. The molecule has 1 unspecified atom stereocenters. The minimum atomic E-state index is -0.607. The Kier molecular flexibility index (Phi) is 7.10. The van der Waals surface area contributed by atoms with Crippen LogP contribution in [0.15, 0.2) is 48.5 Å². The maximum atomic E-state index is 13.7. The first-order valence-electron chi connectivity index (χ1n) is 11.3. The summed E-state index contributed by atoms with van der Waals surface area (Å²) in [5.74, 6) is 1.53. The minimum absolute atomic E-state index is 0.00550. The van der Waals surface area contributed by atoms with Crippen LogP contribution in [-0.4, -0.2) is 56.8 Å². The molecule has 0 radical (unpaired) electrons. The molecule has 2 heterocycles. The number of nitrogens with zero attached hydrogens (tertiary/aromatic N) is 1. The molecule has 0 spiro atoms. The van der Waals surface area contributed by atoms with Gasteiger partial charge in [-0.25, -0.2) is 0 Å². The van der Waals surface area contributed by atoms with Crippen molar-refractivity contribution in [3.8, 4) is 11.5 Å². The van der Waals surface area contributed by atoms with Gasteiger partial charge in [0.15, 0.2) is 17.6 Å². The monoisotopic (exact) mass is 425 g/mol. The number of benzene rings is 2. The van der Waals surface area contributed by atoms with Crippen LogP contribution < -0.4 is 14.4 Å². The van der Waals surface area contributed by atoms with Gasteiger partial charge in [-0.3, -0.25) is 4.79 Å². The first-order chi connectivity index (χ1) is 15.2. The molecule has 166 valence electrons. The number of nitrogens with one attached hydrogen (secondary N) is 1. The zero-order valence-electron chi connectivity index (χ0n) is 18.5. The Balaban J connectivity index is 1.58. The first-order valence-corrected chi connectivity index (χ1v) is 11.3. The average molecular weight is 426 g/mol. The van der Waals surface area contributed by atoms with E-state index in [9.17, 15) is 4.79 Å². The summed E-state index contributed by atoms with van der Waals surface area (Å²) >= 11 is 0. The number of methoxy groups -OCH3 is 1. The van der Waals surface area contributed by atoms with Crippen LogP contribution in [0.4, 0.5) is 0 Å². The van der Waals surface area contributed by atoms with Gasteiger partial charge in [0, 0.05) is 26.5 Å². The molecule has 3 atom stereocenters. The number of carbonyl (C=O) groups excluding carboxylic acids is 1. The molecule has 0 aromatic heterocycles. The van der Waals surface area contributed by atoms with Gasteiger partial charge in [0.25, 0.3) is 5.91 Å². The molecular weight excluding hydrogens is 392 g/mol. The van der Waals surface area contributed by atoms with Gasteiger partial charge in [0.1, 0.15) is 19.3 Å². The smallest absolute Gasteiger partial charge is 0.256 e. The Bertz CT molecular complexity index is 873. The van der Waals surface area contributed by atoms with Crippen molar-refractivity contribution in [3.63, 3.8) is 0 Å². The third kappa shape index (κ3) is 5.02. The van der Waals surface area contributed by atoms with Gasteiger partial charge < -0.3 is 24.0 Å². The number of fused-ring (bicyclic) bond motifs is 1. The van der Waals surface area contributed by atoms with Gasteiger partial charge in [0.2, 0.25) is 0 Å². The van der Waals surface area contributed by atoms with Gasteiger partial charge in [-0.05, 0) is 30.2 Å². The summed E-state index contributed by atoms with van der Waals surface area (Å²) in [4.78, 5) is 17.2. The molecule has 1 N–H and O–H groups in total. The predicted octanol–water partition coefficient (Wildman–Crippen LogP) is 2.24. The van der Waals surface area contributed by atoms with Crippen LogP contribution in [0, 0.1) is 0 Å². The molecule has 0 saturated carbocycles. The SMILES string of the molecule is CC[NH+]1CCC[C@H]1CN(Cc1ccc2c(c1)OCCO2)C(=O)[C@H](OC)c1ccccc1. The first kappa shape index (κ1) is 21.7. The van der Waals surface area contributed by atoms with Gasteiger partial charge in [0.05, 0.1) is 19.6 Å². The molecule has 1 saturated heterocycles. The summed E-state index contributed by atoms with van der Waals surface area (Å²) in [5, 5.41) is 0. The number of quaternary nitrogens is 1. The lowest BCUT2D eigenvalue weighted by Gasteiger charge is -2.31. The molecule has 2 aromatic rings. The van der Waals surface area contributed by atoms with Gasteiger partial charge in [-0.15, -0.1) is 0 Å². The van der Waals surface area contributed by atoms with Crippen LogP contribution in [0.5, 0.6) is 11.5 Å². The summed E-state index contributed by atoms with van der Waals surface area (Å²) in [6, 6.07) is 16.2. The summed E-state index contributed by atoms with van der Waals surface area (Å²) in [6.45, 7) is 6.86. The molecule has 6 nitrogen and oxygen atoms in total. The summed E-state index contributed by atoms with van der Waals surface area (Å²) < 4.78 is 17.1. The molecule has 1 amide bonds. The molecule has 0 aliphatic carbocycles. The summed E-state index contributed by atoms with van der Waals surface area (Å²) in [6.07, 6.45) is 1.76. The molecule has 31 heavy (non-hydrogen) atoms. The van der Waals surface area contributed by atoms with E-state index in [-0.39, 0.29) is 5.91 Å². The number of likely N-dealkylation sites (N-methyl/N-ethyl adjacent to an activating group) is 1. The van der Waals surface area contributed by atoms with Crippen molar-refractivity contribution in [2.45, 2.75) is 38.5 Å². The Morgan fingerprint density at radius 1 is 1.16 bits per heavy atom. The van der Waals surface area contributed by atoms with Crippen molar-refractivity contribution in [2.24, 2.45) is 0 Å². The number of rotatable bonds is 8. The largest absolute Gasteiger partial charge is 0.486 e. The molecule has 2 aliphatic rings. The lowest BCUT2D eigenvalue weighted by Crippen LogP contribution is -3.14. The van der Waals surface area contributed by atoms with Crippen LogP contribution in [0.25, 0.3) is 0 Å². The van der Waals surface area contributed by atoms with Crippen LogP contribution >= 0.6 is 0 Å². The van der Waals surface area contributed by atoms with E-state index in [0.717, 1.165) is 42.1 Å². The zero-order valence-corrected chi connectivity index (χ0v) is 18.5. The highest BCUT2D eigenvalue weighted by Crippen LogP contribution is 2.31. The number of hydrogen-bond donors (Lipinski definition) is 1. The Hall–Kier alpha value is -2.57. The van der Waals surface area contributed by atoms with Crippen LogP contribution in [0.3, 0.4) is 0 Å². The van der Waals surface area contributed by atoms with Gasteiger partial charge >= 0.3 is 0 Å². The maximum absolute atomic E-state index is 13.7. The molecule has 0 bridgehead atoms. The van der Waals surface area contributed by atoms with E-state index in [1.807, 2.05) is 53.4 Å². The van der Waals surface area contributed by atoms with Crippen molar-refractivity contribution < 1.29 is 23.9 Å². The highest BCUT2D eigenvalue weighted by molar-refractivity contribution is 5.82. The molecule has 2 aromatic carbocycles. The molecule has 4 rings (SSSR count). The molecule has 1 fully saturated rings. The highest BCUT2D eigenvalue weighted by atomic mass is 16.6. The van der Waals surface area contributed by atoms with Crippen molar-refractivity contribution >= 4 is 5.91 Å². The van der Waals surface area contributed by atoms with Crippen molar-refractivity contribution in [3.05, 3.63) is 59.7 Å². The number of ether oxygens (including phenoxy) is 3. The van der Waals surface area contributed by atoms with E-state index in [4.69, 9.17) is 14.2 Å². The normalized spacial score (nSPS) is 21.0. The predicted molar refractivity (Wildman–Crippen MR) is 118 cm³/mol. The van der Waals surface area contributed by atoms with Crippen LogP contribution in [0.1, 0.15) is 37.0 Å². The fourth-order valence-corrected chi connectivity index (χ4v) is 4.75. The highest BCUT2D eigenvalue weighted by Gasteiger charge is 2.33. The molecule has 6 heteroatoms. The van der Waals surface area contributed by atoms with Crippen molar-refractivity contribution in [2.75, 3.05) is 40.0 Å². The lowest BCUT2D eigenvalue weighted by atomic mass is 10.1. The van der Waals surface area contributed by atoms with E-state index in [2.05, 4.69) is 6.92 Å².